The minimum Gasteiger partial charge on any atom is -0.381 e. The van der Waals surface area contributed by atoms with E-state index in [9.17, 15) is 13.2 Å². The summed E-state index contributed by atoms with van der Waals surface area (Å²) in [5.41, 5.74) is 2.09. The molecule has 1 amide bonds. The zero-order chi connectivity index (χ0) is 18.1. The molecule has 1 fully saturated rings. The Morgan fingerprint density at radius 2 is 2.08 bits per heavy atom. The van der Waals surface area contributed by atoms with Gasteiger partial charge in [0, 0.05) is 38.0 Å². The summed E-state index contributed by atoms with van der Waals surface area (Å²) in [4.78, 5) is 11.8. The van der Waals surface area contributed by atoms with Crippen LogP contribution in [0.4, 0.5) is 11.4 Å². The van der Waals surface area contributed by atoms with Crippen molar-refractivity contribution in [1.29, 1.82) is 0 Å². The molecule has 0 aliphatic carbocycles. The number of nitrogens with one attached hydrogen (secondary N) is 1. The summed E-state index contributed by atoms with van der Waals surface area (Å²) in [5, 5.41) is 2.80. The van der Waals surface area contributed by atoms with Crippen molar-refractivity contribution < 1.29 is 22.7 Å². The van der Waals surface area contributed by atoms with Gasteiger partial charge in [-0.2, -0.15) is 0 Å². The molecule has 8 heteroatoms. The maximum Gasteiger partial charge on any atom is 0.250 e. The van der Waals surface area contributed by atoms with Gasteiger partial charge in [0.1, 0.15) is 6.61 Å². The zero-order valence-corrected chi connectivity index (χ0v) is 15.4. The number of rotatable bonds is 5. The molecular weight excluding hydrogens is 344 g/mol. The van der Waals surface area contributed by atoms with E-state index in [-0.39, 0.29) is 23.7 Å². The Kier molecular flexibility index (Phi) is 5.04. The maximum absolute atomic E-state index is 12.5. The SMILES string of the molecule is CCS(=O)(=O)N1CC2(CCOCC2)c2cc(NC(=O)COC)ccc21. The number of methoxy groups -OCH3 is 1. The third-order valence-corrected chi connectivity index (χ3v) is 6.72. The van der Waals surface area contributed by atoms with Crippen LogP contribution in [0.1, 0.15) is 25.3 Å². The van der Waals surface area contributed by atoms with Gasteiger partial charge in [-0.05, 0) is 43.5 Å². The number of carbonyl (C=O) groups excluding carboxylic acids is 1. The van der Waals surface area contributed by atoms with Crippen molar-refractivity contribution in [2.24, 2.45) is 0 Å². The number of hydrogen-bond donors (Lipinski definition) is 1. The molecule has 7 nitrogen and oxygen atoms in total. The molecule has 2 aliphatic heterocycles. The highest BCUT2D eigenvalue weighted by atomic mass is 32.2. The summed E-state index contributed by atoms with van der Waals surface area (Å²) in [5.74, 6) is -0.176. The molecule has 0 atom stereocenters. The van der Waals surface area contributed by atoms with E-state index in [2.05, 4.69) is 5.32 Å². The van der Waals surface area contributed by atoms with Gasteiger partial charge < -0.3 is 14.8 Å². The maximum atomic E-state index is 12.5. The average molecular weight is 368 g/mol. The van der Waals surface area contributed by atoms with Crippen LogP contribution in [-0.4, -0.2) is 53.6 Å². The highest BCUT2D eigenvalue weighted by Gasteiger charge is 2.47. The first kappa shape index (κ1) is 18.2. The molecule has 25 heavy (non-hydrogen) atoms. The van der Waals surface area contributed by atoms with E-state index in [1.807, 2.05) is 6.07 Å². The molecule has 2 heterocycles. The van der Waals surface area contributed by atoms with Crippen LogP contribution in [0.5, 0.6) is 0 Å². The molecule has 138 valence electrons. The lowest BCUT2D eigenvalue weighted by atomic mass is 9.76. The summed E-state index contributed by atoms with van der Waals surface area (Å²) in [6.45, 7) is 3.30. The Balaban J connectivity index is 2.01. The highest BCUT2D eigenvalue weighted by molar-refractivity contribution is 7.92. The molecule has 3 rings (SSSR count). The number of fused-ring (bicyclic) bond motifs is 2. The molecule has 1 aromatic carbocycles. The second-order valence-corrected chi connectivity index (χ2v) is 8.69. The quantitative estimate of drug-likeness (QED) is 0.851. The summed E-state index contributed by atoms with van der Waals surface area (Å²) in [7, 11) is -1.88. The first-order valence-corrected chi connectivity index (χ1v) is 10.0. The number of sulfonamides is 1. The predicted molar refractivity (Wildman–Crippen MR) is 95.5 cm³/mol. The molecule has 0 radical (unpaired) electrons. The highest BCUT2D eigenvalue weighted by Crippen LogP contribution is 2.48. The number of benzene rings is 1. The normalized spacial score (nSPS) is 19.0. The summed E-state index contributed by atoms with van der Waals surface area (Å²) in [6.07, 6.45) is 1.54. The molecule has 0 aromatic heterocycles. The van der Waals surface area contributed by atoms with Gasteiger partial charge in [-0.25, -0.2) is 8.42 Å². The van der Waals surface area contributed by atoms with Crippen molar-refractivity contribution in [3.63, 3.8) is 0 Å². The van der Waals surface area contributed by atoms with Crippen LogP contribution in [0.2, 0.25) is 0 Å². The topological polar surface area (TPSA) is 84.9 Å². The van der Waals surface area contributed by atoms with Crippen molar-refractivity contribution >= 4 is 27.3 Å². The van der Waals surface area contributed by atoms with E-state index in [1.54, 1.807) is 19.1 Å². The van der Waals surface area contributed by atoms with Crippen LogP contribution in [-0.2, 0) is 29.7 Å². The van der Waals surface area contributed by atoms with Crippen molar-refractivity contribution in [3.05, 3.63) is 23.8 Å². The van der Waals surface area contributed by atoms with E-state index in [0.29, 0.717) is 31.1 Å². The summed E-state index contributed by atoms with van der Waals surface area (Å²) < 4.78 is 36.9. The standard InChI is InChI=1S/C17H24N2O5S/c1-3-25(21,22)19-12-17(6-8-24-9-7-17)14-10-13(4-5-15(14)19)18-16(20)11-23-2/h4-5,10H,3,6-9,11-12H2,1-2H3,(H,18,20). The molecule has 1 N–H and O–H groups in total. The lowest BCUT2D eigenvalue weighted by Crippen LogP contribution is -2.41. The Labute approximate surface area is 148 Å². The minimum absolute atomic E-state index is 0.0214. The Bertz CT molecular complexity index is 756. The summed E-state index contributed by atoms with van der Waals surface area (Å²) >= 11 is 0. The van der Waals surface area contributed by atoms with Crippen molar-refractivity contribution in [2.45, 2.75) is 25.2 Å². The van der Waals surface area contributed by atoms with E-state index in [0.717, 1.165) is 18.4 Å². The van der Waals surface area contributed by atoms with Gasteiger partial charge >= 0.3 is 0 Å². The molecule has 0 bridgehead atoms. The van der Waals surface area contributed by atoms with Crippen molar-refractivity contribution in [1.82, 2.24) is 0 Å². The van der Waals surface area contributed by atoms with Gasteiger partial charge in [0.15, 0.2) is 0 Å². The van der Waals surface area contributed by atoms with E-state index in [1.165, 1.54) is 11.4 Å². The number of anilines is 2. The van der Waals surface area contributed by atoms with Gasteiger partial charge in [0.05, 0.1) is 11.4 Å². The fourth-order valence-corrected chi connectivity index (χ4v) is 4.84. The van der Waals surface area contributed by atoms with Crippen LogP contribution < -0.4 is 9.62 Å². The molecule has 1 aromatic rings. The predicted octanol–water partition coefficient (Wildman–Crippen LogP) is 1.49. The first-order chi connectivity index (χ1) is 11.9. The molecule has 1 saturated heterocycles. The van der Waals surface area contributed by atoms with Crippen LogP contribution in [0.25, 0.3) is 0 Å². The number of hydrogen-bond acceptors (Lipinski definition) is 5. The van der Waals surface area contributed by atoms with Gasteiger partial charge in [0.25, 0.3) is 0 Å². The lowest BCUT2D eigenvalue weighted by molar-refractivity contribution is -0.119. The number of ether oxygens (including phenoxy) is 2. The molecule has 2 aliphatic rings. The first-order valence-electron chi connectivity index (χ1n) is 8.43. The van der Waals surface area contributed by atoms with Gasteiger partial charge in [-0.3, -0.25) is 9.10 Å². The second-order valence-electron chi connectivity index (χ2n) is 6.51. The van der Waals surface area contributed by atoms with Crippen LogP contribution >= 0.6 is 0 Å². The van der Waals surface area contributed by atoms with Gasteiger partial charge in [0.2, 0.25) is 15.9 Å². The van der Waals surface area contributed by atoms with E-state index < -0.39 is 10.0 Å². The molecule has 1 spiro atoms. The fraction of sp³-hybridized carbons (Fsp3) is 0.588. The zero-order valence-electron chi connectivity index (χ0n) is 14.6. The van der Waals surface area contributed by atoms with Crippen LogP contribution in [0.3, 0.4) is 0 Å². The van der Waals surface area contributed by atoms with Crippen molar-refractivity contribution in [3.8, 4) is 0 Å². The average Bonchev–Trinajstić information content (AvgIpc) is 2.90. The minimum atomic E-state index is -3.35. The number of nitrogens with zero attached hydrogens (tertiary/aromatic N) is 1. The Hall–Kier alpha value is -1.64. The van der Waals surface area contributed by atoms with E-state index in [4.69, 9.17) is 9.47 Å². The third-order valence-electron chi connectivity index (χ3n) is 4.99. The Morgan fingerprint density at radius 1 is 1.36 bits per heavy atom. The molecule has 0 saturated carbocycles. The fourth-order valence-electron chi connectivity index (χ4n) is 3.62. The largest absolute Gasteiger partial charge is 0.381 e. The smallest absolute Gasteiger partial charge is 0.250 e. The molecular formula is C17H24N2O5S. The van der Waals surface area contributed by atoms with E-state index >= 15 is 0 Å². The van der Waals surface area contributed by atoms with Gasteiger partial charge in [-0.15, -0.1) is 0 Å². The lowest BCUT2D eigenvalue weighted by Gasteiger charge is -2.34. The van der Waals surface area contributed by atoms with Crippen molar-refractivity contribution in [2.75, 3.05) is 48.9 Å². The second kappa shape index (κ2) is 6.93. The van der Waals surface area contributed by atoms with Crippen LogP contribution in [0, 0.1) is 0 Å². The third kappa shape index (κ3) is 3.38. The number of carbonyl (C=O) groups is 1. The number of amides is 1. The van der Waals surface area contributed by atoms with Crippen LogP contribution in [0.15, 0.2) is 18.2 Å². The summed E-state index contributed by atoms with van der Waals surface area (Å²) in [6, 6.07) is 5.43. The monoisotopic (exact) mass is 368 g/mol. The Morgan fingerprint density at radius 3 is 2.72 bits per heavy atom. The molecule has 0 unspecified atom stereocenters. The van der Waals surface area contributed by atoms with Gasteiger partial charge in [-0.1, -0.05) is 0 Å².